The predicted octanol–water partition coefficient (Wildman–Crippen LogP) is 19.8. The molecular weight excluding hydrogens is 1670 g/mol. The highest BCUT2D eigenvalue weighted by Gasteiger charge is 2.37. The van der Waals surface area contributed by atoms with Gasteiger partial charge in [-0.3, -0.25) is 28.7 Å². The Balaban J connectivity index is 0.000000167. The number of carboxylic acid groups (broad SMARTS) is 3. The number of aromatic nitrogens is 6. The van der Waals surface area contributed by atoms with Gasteiger partial charge < -0.3 is 44.7 Å². The lowest BCUT2D eigenvalue weighted by molar-refractivity contribution is -0.146. The number of rotatable bonds is 23. The first-order valence-electron chi connectivity index (χ1n) is 41.5. The highest BCUT2D eigenvalue weighted by Crippen LogP contribution is 2.44. The van der Waals surface area contributed by atoms with Crippen LogP contribution in [0, 0.1) is 11.8 Å². The predicted molar refractivity (Wildman–Crippen MR) is 468 cm³/mol. The van der Waals surface area contributed by atoms with Gasteiger partial charge in [-0.15, -0.1) is 12.4 Å². The lowest BCUT2D eigenvalue weighted by atomic mass is 9.99. The van der Waals surface area contributed by atoms with Crippen LogP contribution in [0.3, 0.4) is 0 Å². The van der Waals surface area contributed by atoms with Gasteiger partial charge in [0, 0.05) is 197 Å². The van der Waals surface area contributed by atoms with E-state index in [4.69, 9.17) is 34.8 Å². The summed E-state index contributed by atoms with van der Waals surface area (Å²) in [5, 5.41) is 42.4. The summed E-state index contributed by atoms with van der Waals surface area (Å²) >= 11 is 19.3. The molecule has 656 valence electrons. The second-order valence-electron chi connectivity index (χ2n) is 32.9. The maximum atomic E-state index is 14.5. The van der Waals surface area contributed by atoms with Gasteiger partial charge in [0.05, 0.1) is 49.0 Å². The van der Waals surface area contributed by atoms with Gasteiger partial charge in [0.1, 0.15) is 34.2 Å². The van der Waals surface area contributed by atoms with E-state index in [0.29, 0.717) is 85.6 Å². The zero-order chi connectivity index (χ0) is 86.1. The number of alkyl halides is 8. The molecular formula is C89H105Cl4F8N15O6. The normalized spacial score (nSPS) is 18.7. The molecule has 6 aromatic carbocycles. The molecule has 9 heterocycles. The number of carboxylic acids is 3. The van der Waals surface area contributed by atoms with Crippen molar-refractivity contribution in [3.63, 3.8) is 0 Å². The lowest BCUT2D eigenvalue weighted by Crippen LogP contribution is -2.49. The molecule has 15 rings (SSSR count). The fourth-order valence-corrected chi connectivity index (χ4v) is 18.3. The maximum Gasteiger partial charge on any atom is 0.401 e. The molecule has 0 amide bonds. The standard InChI is InChI=1S/2C30H36ClF2N5O2.C29H32ClF4N5O2.ClH/c2*1-20(2)18-35-12-14-36(15-13-35)23-8-5-21(6-9-23)25-10-7-22(31)16-27(25)37-11-3-4-24(19-37)38-28(29(32)33)26(17-34-38)30(39)40;1-19(31)27-25(28(40)41)16-35-39(27)23-3-2-10-38(17-23)26-15-21(30)6-9-24(26)20-4-7-22(8-5-20)37-13-11-36(12-14-37)18-29(32,33)34;/h2*5-10,16-17,20,24,29H,3-4,11-15,18-19H2,1-2H3,(H,39,40);4-9,15-16,19,23H,2-3,10-14,17-18H2,1H3,(H,40,41);1H. The number of hydrogen-bond acceptors (Lipinski definition) is 15. The van der Waals surface area contributed by atoms with E-state index < -0.39 is 72.2 Å². The number of anilines is 6. The summed E-state index contributed by atoms with van der Waals surface area (Å²) in [6.07, 6.45) is -3.95. The van der Waals surface area contributed by atoms with Crippen LogP contribution in [-0.2, 0) is 0 Å². The van der Waals surface area contributed by atoms with Gasteiger partial charge in [0.2, 0.25) is 0 Å². The molecule has 0 spiro atoms. The molecule has 3 aromatic heterocycles. The third kappa shape index (κ3) is 22.4. The molecule has 4 unspecified atom stereocenters. The van der Waals surface area contributed by atoms with Crippen molar-refractivity contribution in [2.75, 3.05) is 167 Å². The van der Waals surface area contributed by atoms with Gasteiger partial charge in [-0.2, -0.15) is 28.5 Å². The van der Waals surface area contributed by atoms with Gasteiger partial charge in [0.25, 0.3) is 12.9 Å². The second-order valence-corrected chi connectivity index (χ2v) is 34.2. The average molecular weight is 1770 g/mol. The van der Waals surface area contributed by atoms with E-state index in [0.717, 1.165) is 179 Å². The molecule has 122 heavy (non-hydrogen) atoms. The molecule has 4 atom stereocenters. The topological polar surface area (TPSA) is 195 Å². The molecule has 6 saturated heterocycles. The number of aromatic carboxylic acids is 3. The smallest absolute Gasteiger partial charge is 0.401 e. The van der Waals surface area contributed by atoms with E-state index >= 15 is 0 Å². The summed E-state index contributed by atoms with van der Waals surface area (Å²) in [6.45, 7) is 25.3. The molecule has 33 heteroatoms. The Labute approximate surface area is 727 Å². The number of piperazine rings is 3. The third-order valence-corrected chi connectivity index (χ3v) is 24.2. The highest BCUT2D eigenvalue weighted by molar-refractivity contribution is 6.31. The molecule has 0 aliphatic carbocycles. The van der Waals surface area contributed by atoms with E-state index in [2.05, 4.69) is 131 Å². The monoisotopic (exact) mass is 1770 g/mol. The van der Waals surface area contributed by atoms with Crippen LogP contribution in [0.25, 0.3) is 33.4 Å². The first-order chi connectivity index (χ1) is 57.9. The van der Waals surface area contributed by atoms with Crippen LogP contribution in [0.2, 0.25) is 15.1 Å². The van der Waals surface area contributed by atoms with Gasteiger partial charge in [-0.25, -0.2) is 36.3 Å². The molecule has 9 aromatic rings. The minimum atomic E-state index is -4.19. The molecule has 6 fully saturated rings. The average Bonchev–Trinajstić information content (AvgIpc) is 1.49. The van der Waals surface area contributed by atoms with Crippen molar-refractivity contribution in [2.45, 2.75) is 116 Å². The van der Waals surface area contributed by atoms with Gasteiger partial charge in [0.15, 0.2) is 0 Å². The van der Waals surface area contributed by atoms with Crippen molar-refractivity contribution in [1.29, 1.82) is 0 Å². The SMILES string of the molecule is CC(C)CN1CCN(c2ccc(-c3ccc(Cl)cc3N3CCCC(n4ncc(C(=O)O)c4C(F)F)C3)cc2)CC1.CC(C)CN1CCN(c2ccc(-c3ccc(Cl)cc3N3CCCC(n4ncc(C(=O)O)c4C(F)F)C3)cc2)CC1.CC(F)c1c(C(=O)O)cnn1C1CCCN(c2cc(Cl)ccc2-c2ccc(N3CCN(CC(F)(F)F)CC3)cc2)C1.Cl. The van der Waals surface area contributed by atoms with Gasteiger partial charge in [-0.1, -0.05) is 117 Å². The number of carbonyl (C=O) groups is 3. The van der Waals surface area contributed by atoms with Crippen LogP contribution in [0.1, 0.15) is 158 Å². The third-order valence-electron chi connectivity index (χ3n) is 23.5. The first kappa shape index (κ1) is 91.8. The van der Waals surface area contributed by atoms with Gasteiger partial charge in [-0.05, 0) is 147 Å². The summed E-state index contributed by atoms with van der Waals surface area (Å²) in [6, 6.07) is 41.4. The summed E-state index contributed by atoms with van der Waals surface area (Å²) in [5.74, 6) is -2.66. The summed E-state index contributed by atoms with van der Waals surface area (Å²) in [4.78, 5) is 54.6. The number of halogens is 12. The number of nitrogens with zero attached hydrogens (tertiary/aromatic N) is 15. The molecule has 3 N–H and O–H groups in total. The van der Waals surface area contributed by atoms with E-state index in [1.165, 1.54) is 43.4 Å². The Kier molecular flexibility index (Phi) is 30.8. The lowest BCUT2D eigenvalue weighted by Gasteiger charge is -2.37. The zero-order valence-corrected chi connectivity index (χ0v) is 72.0. The first-order valence-corrected chi connectivity index (χ1v) is 42.6. The quantitative estimate of drug-likeness (QED) is 0.0511. The molecule has 0 bridgehead atoms. The zero-order valence-electron chi connectivity index (χ0n) is 68.9. The van der Waals surface area contributed by atoms with Gasteiger partial charge >= 0.3 is 24.1 Å². The molecule has 6 aliphatic rings. The van der Waals surface area contributed by atoms with Crippen LogP contribution in [0.5, 0.6) is 0 Å². The van der Waals surface area contributed by atoms with Crippen molar-refractivity contribution in [2.24, 2.45) is 11.8 Å². The van der Waals surface area contributed by atoms with E-state index in [9.17, 15) is 64.8 Å². The molecule has 0 radical (unpaired) electrons. The maximum absolute atomic E-state index is 14.5. The fraction of sp³-hybridized carbons (Fsp3) is 0.461. The fourth-order valence-electron chi connectivity index (χ4n) is 17.8. The van der Waals surface area contributed by atoms with Crippen molar-refractivity contribution in [3.05, 3.63) is 195 Å². The molecule has 6 aliphatic heterocycles. The Bertz CT molecular complexity index is 4790. The highest BCUT2D eigenvalue weighted by atomic mass is 35.5. The summed E-state index contributed by atoms with van der Waals surface area (Å²) in [7, 11) is 0. The largest absolute Gasteiger partial charge is 0.478 e. The van der Waals surface area contributed by atoms with Crippen LogP contribution in [-0.4, -0.2) is 221 Å². The van der Waals surface area contributed by atoms with E-state index in [1.807, 2.05) is 78.9 Å². The number of piperidine rings is 3. The Hall–Kier alpha value is -9.36. The number of hydrogen-bond donors (Lipinski definition) is 3. The Morgan fingerprint density at radius 2 is 0.672 bits per heavy atom. The minimum Gasteiger partial charge on any atom is -0.478 e. The van der Waals surface area contributed by atoms with Crippen molar-refractivity contribution < 1.29 is 64.8 Å². The van der Waals surface area contributed by atoms with E-state index in [-0.39, 0.29) is 41.8 Å². The molecule has 21 nitrogen and oxygen atoms in total. The van der Waals surface area contributed by atoms with Crippen molar-refractivity contribution >= 4 is 99.2 Å². The van der Waals surface area contributed by atoms with Crippen LogP contribution in [0.15, 0.2) is 146 Å². The summed E-state index contributed by atoms with van der Waals surface area (Å²) in [5.41, 5.74) is 10.2. The number of benzene rings is 6. The van der Waals surface area contributed by atoms with Crippen molar-refractivity contribution in [3.8, 4) is 33.4 Å². The molecule has 0 saturated carbocycles. The second kappa shape index (κ2) is 41.0. The van der Waals surface area contributed by atoms with E-state index in [1.54, 1.807) is 0 Å². The van der Waals surface area contributed by atoms with Crippen LogP contribution < -0.4 is 29.4 Å². The Morgan fingerprint density at radius 1 is 0.393 bits per heavy atom. The Morgan fingerprint density at radius 3 is 0.934 bits per heavy atom. The van der Waals surface area contributed by atoms with Crippen LogP contribution >= 0.6 is 47.2 Å². The van der Waals surface area contributed by atoms with Crippen molar-refractivity contribution in [1.82, 2.24) is 44.0 Å². The summed E-state index contributed by atoms with van der Waals surface area (Å²) < 4.78 is 112. The minimum absolute atomic E-state index is 0. The van der Waals surface area contributed by atoms with Crippen LogP contribution in [0.4, 0.5) is 69.2 Å².